The molecule has 0 saturated heterocycles. The van der Waals surface area contributed by atoms with Crippen LogP contribution in [0.3, 0.4) is 0 Å². The number of hydrogen-bond acceptors (Lipinski definition) is 7. The fourth-order valence-corrected chi connectivity index (χ4v) is 4.28. The van der Waals surface area contributed by atoms with E-state index in [9.17, 15) is 13.2 Å². The van der Waals surface area contributed by atoms with Gasteiger partial charge in [0.05, 0.1) is 24.8 Å². The van der Waals surface area contributed by atoms with Gasteiger partial charge in [0, 0.05) is 25.1 Å². The molecule has 0 aliphatic carbocycles. The second kappa shape index (κ2) is 11.1. The van der Waals surface area contributed by atoms with Crippen molar-refractivity contribution in [3.63, 3.8) is 0 Å². The van der Waals surface area contributed by atoms with E-state index in [4.69, 9.17) is 18.9 Å². The lowest BCUT2D eigenvalue weighted by Crippen LogP contribution is -2.25. The Bertz CT molecular complexity index is 1040. The highest BCUT2D eigenvalue weighted by atomic mass is 32.2. The number of sulfonamides is 1. The molecule has 1 amide bonds. The van der Waals surface area contributed by atoms with E-state index in [-0.39, 0.29) is 17.3 Å². The van der Waals surface area contributed by atoms with Crippen LogP contribution in [0.2, 0.25) is 0 Å². The first-order chi connectivity index (χ1) is 15.4. The molecule has 2 aromatic rings. The normalized spacial score (nSPS) is 12.8. The maximum absolute atomic E-state index is 12.5. The van der Waals surface area contributed by atoms with Gasteiger partial charge in [-0.15, -0.1) is 0 Å². The molecule has 2 aromatic carbocycles. The van der Waals surface area contributed by atoms with Crippen LogP contribution < -0.4 is 29.0 Å². The standard InChI is InChI=1S/C22H28N2O7S/c1-28-16-7-9-19(29-2)18(14-16)24-22(25)6-4-3-5-11-23-32(26,27)17-8-10-20-21(15-17)31-13-12-30-20/h7-10,14-15,23H,3-6,11-13H2,1-2H3,(H,24,25). The zero-order valence-electron chi connectivity index (χ0n) is 18.2. The first kappa shape index (κ1) is 23.7. The summed E-state index contributed by atoms with van der Waals surface area (Å²) in [6.07, 6.45) is 2.25. The van der Waals surface area contributed by atoms with Gasteiger partial charge in [-0.05, 0) is 37.1 Å². The summed E-state index contributed by atoms with van der Waals surface area (Å²) in [5, 5.41) is 2.82. The van der Waals surface area contributed by atoms with Crippen molar-refractivity contribution in [3.05, 3.63) is 36.4 Å². The third-order valence-corrected chi connectivity index (χ3v) is 6.34. The molecule has 0 bridgehead atoms. The minimum absolute atomic E-state index is 0.133. The van der Waals surface area contributed by atoms with Crippen LogP contribution in [0.1, 0.15) is 25.7 Å². The molecule has 1 heterocycles. The number of amides is 1. The Morgan fingerprint density at radius 3 is 2.50 bits per heavy atom. The number of hydrogen-bond donors (Lipinski definition) is 2. The van der Waals surface area contributed by atoms with Gasteiger partial charge in [-0.1, -0.05) is 6.42 Å². The smallest absolute Gasteiger partial charge is 0.240 e. The first-order valence-corrected chi connectivity index (χ1v) is 11.8. The molecular formula is C22H28N2O7S. The van der Waals surface area contributed by atoms with Gasteiger partial charge in [0.25, 0.3) is 0 Å². The van der Waals surface area contributed by atoms with Crippen molar-refractivity contribution in [2.24, 2.45) is 0 Å². The summed E-state index contributed by atoms with van der Waals surface area (Å²) in [5.74, 6) is 1.99. The monoisotopic (exact) mass is 464 g/mol. The average molecular weight is 465 g/mol. The van der Waals surface area contributed by atoms with Crippen molar-refractivity contribution >= 4 is 21.6 Å². The number of unbranched alkanes of at least 4 members (excludes halogenated alkanes) is 2. The molecule has 0 atom stereocenters. The lowest BCUT2D eigenvalue weighted by Gasteiger charge is -2.18. The summed E-state index contributed by atoms with van der Waals surface area (Å²) in [4.78, 5) is 12.4. The van der Waals surface area contributed by atoms with E-state index < -0.39 is 10.0 Å². The lowest BCUT2D eigenvalue weighted by molar-refractivity contribution is -0.116. The van der Waals surface area contributed by atoms with Crippen LogP contribution in [0.25, 0.3) is 0 Å². The Morgan fingerprint density at radius 1 is 0.969 bits per heavy atom. The molecule has 0 fully saturated rings. The van der Waals surface area contributed by atoms with Gasteiger partial charge in [-0.3, -0.25) is 4.79 Å². The zero-order valence-corrected chi connectivity index (χ0v) is 19.0. The highest BCUT2D eigenvalue weighted by molar-refractivity contribution is 7.89. The predicted molar refractivity (Wildman–Crippen MR) is 119 cm³/mol. The topological polar surface area (TPSA) is 112 Å². The number of methoxy groups -OCH3 is 2. The summed E-state index contributed by atoms with van der Waals surface area (Å²) in [6, 6.07) is 9.73. The van der Waals surface area contributed by atoms with E-state index in [1.807, 2.05) is 0 Å². The maximum atomic E-state index is 12.5. The van der Waals surface area contributed by atoms with Crippen LogP contribution in [0, 0.1) is 0 Å². The van der Waals surface area contributed by atoms with E-state index in [0.29, 0.717) is 67.6 Å². The van der Waals surface area contributed by atoms with Crippen LogP contribution in [-0.4, -0.2) is 48.3 Å². The van der Waals surface area contributed by atoms with Crippen molar-refractivity contribution < 1.29 is 32.2 Å². The molecule has 1 aliphatic rings. The largest absolute Gasteiger partial charge is 0.497 e. The number of anilines is 1. The SMILES string of the molecule is COc1ccc(OC)c(NC(=O)CCCCCNS(=O)(=O)c2ccc3c(c2)OCCO3)c1. The van der Waals surface area contributed by atoms with Crippen LogP contribution in [0.15, 0.2) is 41.3 Å². The third kappa shape index (κ3) is 6.27. The molecule has 2 N–H and O–H groups in total. The van der Waals surface area contributed by atoms with Gasteiger partial charge >= 0.3 is 0 Å². The zero-order chi connectivity index (χ0) is 23.0. The van der Waals surface area contributed by atoms with E-state index in [1.165, 1.54) is 19.2 Å². The molecule has 174 valence electrons. The molecule has 9 nitrogen and oxygen atoms in total. The quantitative estimate of drug-likeness (QED) is 0.492. The molecule has 10 heteroatoms. The van der Waals surface area contributed by atoms with Crippen LogP contribution in [0.4, 0.5) is 5.69 Å². The number of rotatable bonds is 11. The lowest BCUT2D eigenvalue weighted by atomic mass is 10.2. The third-order valence-electron chi connectivity index (χ3n) is 4.88. The second-order valence-electron chi connectivity index (χ2n) is 7.13. The number of fused-ring (bicyclic) bond motifs is 1. The summed E-state index contributed by atoms with van der Waals surface area (Å²) in [5.41, 5.74) is 0.545. The van der Waals surface area contributed by atoms with Gasteiger partial charge in [-0.25, -0.2) is 13.1 Å². The first-order valence-electron chi connectivity index (χ1n) is 10.3. The van der Waals surface area contributed by atoms with Gasteiger partial charge in [0.15, 0.2) is 11.5 Å². The molecule has 3 rings (SSSR count). The molecule has 0 saturated carbocycles. The van der Waals surface area contributed by atoms with E-state index in [1.54, 1.807) is 31.4 Å². The Hall–Kier alpha value is -2.98. The number of benzene rings is 2. The van der Waals surface area contributed by atoms with Crippen molar-refractivity contribution in [2.75, 3.05) is 39.3 Å². The summed E-state index contributed by atoms with van der Waals surface area (Å²) in [7, 11) is -0.561. The predicted octanol–water partition coefficient (Wildman–Crippen LogP) is 2.95. The second-order valence-corrected chi connectivity index (χ2v) is 8.90. The van der Waals surface area contributed by atoms with Crippen molar-refractivity contribution in [3.8, 4) is 23.0 Å². The van der Waals surface area contributed by atoms with E-state index in [0.717, 1.165) is 0 Å². The van der Waals surface area contributed by atoms with Crippen molar-refractivity contribution in [1.82, 2.24) is 4.72 Å². The van der Waals surface area contributed by atoms with Crippen LogP contribution in [0.5, 0.6) is 23.0 Å². The fraction of sp³-hybridized carbons (Fsp3) is 0.409. The van der Waals surface area contributed by atoms with Gasteiger partial charge in [-0.2, -0.15) is 0 Å². The van der Waals surface area contributed by atoms with Crippen LogP contribution in [-0.2, 0) is 14.8 Å². The Kier molecular flexibility index (Phi) is 8.18. The molecular weight excluding hydrogens is 436 g/mol. The Labute approximate surface area is 188 Å². The number of carbonyl (C=O) groups is 1. The van der Waals surface area contributed by atoms with Crippen molar-refractivity contribution in [2.45, 2.75) is 30.6 Å². The number of carbonyl (C=O) groups excluding carboxylic acids is 1. The van der Waals surface area contributed by atoms with E-state index >= 15 is 0 Å². The van der Waals surface area contributed by atoms with Gasteiger partial charge in [0.1, 0.15) is 24.7 Å². The Morgan fingerprint density at radius 2 is 1.75 bits per heavy atom. The average Bonchev–Trinajstić information content (AvgIpc) is 2.80. The number of nitrogens with one attached hydrogen (secondary N) is 2. The minimum Gasteiger partial charge on any atom is -0.497 e. The van der Waals surface area contributed by atoms with Crippen LogP contribution >= 0.6 is 0 Å². The van der Waals surface area contributed by atoms with E-state index in [2.05, 4.69) is 10.0 Å². The molecule has 0 spiro atoms. The molecule has 1 aliphatic heterocycles. The maximum Gasteiger partial charge on any atom is 0.240 e. The highest BCUT2D eigenvalue weighted by Gasteiger charge is 2.19. The molecule has 0 radical (unpaired) electrons. The molecule has 32 heavy (non-hydrogen) atoms. The molecule has 0 unspecified atom stereocenters. The van der Waals surface area contributed by atoms with Crippen molar-refractivity contribution in [1.29, 1.82) is 0 Å². The summed E-state index contributed by atoms with van der Waals surface area (Å²) in [6.45, 7) is 1.12. The van der Waals surface area contributed by atoms with Gasteiger partial charge in [0.2, 0.25) is 15.9 Å². The van der Waals surface area contributed by atoms with Gasteiger partial charge < -0.3 is 24.3 Å². The molecule has 0 aromatic heterocycles. The summed E-state index contributed by atoms with van der Waals surface area (Å²) < 4.78 is 48.8. The fourth-order valence-electron chi connectivity index (χ4n) is 3.19. The summed E-state index contributed by atoms with van der Waals surface area (Å²) >= 11 is 0. The highest BCUT2D eigenvalue weighted by Crippen LogP contribution is 2.32. The Balaban J connectivity index is 1.40. The number of ether oxygens (including phenoxy) is 4. The minimum atomic E-state index is -3.64.